The van der Waals surface area contributed by atoms with Gasteiger partial charge in [-0.2, -0.15) is 0 Å². The summed E-state index contributed by atoms with van der Waals surface area (Å²) >= 11 is 0. The molecule has 0 aromatic heterocycles. The van der Waals surface area contributed by atoms with Gasteiger partial charge in [-0.1, -0.05) is 32.0 Å². The summed E-state index contributed by atoms with van der Waals surface area (Å²) in [6.07, 6.45) is -1.18. The van der Waals surface area contributed by atoms with Crippen LogP contribution in [0.4, 0.5) is 4.79 Å². The first-order valence-corrected chi connectivity index (χ1v) is 8.83. The Morgan fingerprint density at radius 2 is 1.70 bits per heavy atom. The molecule has 4 amide bonds. The van der Waals surface area contributed by atoms with Crippen LogP contribution in [0.25, 0.3) is 0 Å². The van der Waals surface area contributed by atoms with Gasteiger partial charge < -0.3 is 15.4 Å². The Hall–Kier alpha value is -2.90. The zero-order valence-electron chi connectivity index (χ0n) is 16.3. The summed E-state index contributed by atoms with van der Waals surface area (Å²) in [5.41, 5.74) is 1.23. The lowest BCUT2D eigenvalue weighted by atomic mass is 10.0. The van der Waals surface area contributed by atoms with Crippen molar-refractivity contribution in [3.05, 3.63) is 35.4 Å². The first-order valence-electron chi connectivity index (χ1n) is 8.83. The van der Waals surface area contributed by atoms with E-state index in [1.165, 1.54) is 6.92 Å². The summed E-state index contributed by atoms with van der Waals surface area (Å²) in [5, 5.41) is 7.14. The first kappa shape index (κ1) is 22.1. The minimum absolute atomic E-state index is 0.260. The van der Waals surface area contributed by atoms with Gasteiger partial charge in [-0.15, -0.1) is 0 Å². The van der Waals surface area contributed by atoms with Gasteiger partial charge in [0.15, 0.2) is 6.10 Å². The van der Waals surface area contributed by atoms with Crippen LogP contribution in [0.3, 0.4) is 0 Å². The number of amides is 4. The fraction of sp³-hybridized carbons (Fsp3) is 0.474. The van der Waals surface area contributed by atoms with Crippen LogP contribution in [0.15, 0.2) is 24.3 Å². The number of benzene rings is 1. The van der Waals surface area contributed by atoms with E-state index in [1.54, 1.807) is 45.9 Å². The second-order valence-electron chi connectivity index (χ2n) is 6.44. The minimum Gasteiger partial charge on any atom is -0.451 e. The topological polar surface area (TPSA) is 114 Å². The SMILES string of the molecule is CCNC(=O)NC(=O)[C@H](C)OC(=O)[C@H](NC(=O)c1ccccc1C)C(C)C. The second-order valence-corrected chi connectivity index (χ2v) is 6.44. The molecule has 0 bridgehead atoms. The summed E-state index contributed by atoms with van der Waals surface area (Å²) in [7, 11) is 0. The van der Waals surface area contributed by atoms with Crippen molar-refractivity contribution in [3.63, 3.8) is 0 Å². The molecule has 1 rings (SSSR count). The maximum Gasteiger partial charge on any atom is 0.329 e. The number of rotatable bonds is 7. The predicted octanol–water partition coefficient (Wildman–Crippen LogP) is 1.53. The van der Waals surface area contributed by atoms with Crippen molar-refractivity contribution in [2.75, 3.05) is 6.54 Å². The van der Waals surface area contributed by atoms with Crippen LogP contribution in [-0.2, 0) is 14.3 Å². The number of aryl methyl sites for hydroxylation is 1. The summed E-state index contributed by atoms with van der Waals surface area (Å²) in [6.45, 7) is 8.72. The highest BCUT2D eigenvalue weighted by Crippen LogP contribution is 2.11. The Morgan fingerprint density at radius 1 is 1.07 bits per heavy atom. The Morgan fingerprint density at radius 3 is 2.26 bits per heavy atom. The Bertz CT molecular complexity index is 702. The highest BCUT2D eigenvalue weighted by molar-refractivity contribution is 5.99. The number of hydrogen-bond donors (Lipinski definition) is 3. The first-order chi connectivity index (χ1) is 12.7. The summed E-state index contributed by atoms with van der Waals surface area (Å²) in [4.78, 5) is 48.2. The van der Waals surface area contributed by atoms with Gasteiger partial charge in [0.25, 0.3) is 11.8 Å². The monoisotopic (exact) mass is 377 g/mol. The van der Waals surface area contributed by atoms with Crippen LogP contribution in [-0.4, -0.2) is 42.5 Å². The van der Waals surface area contributed by atoms with Crippen LogP contribution >= 0.6 is 0 Å². The molecular weight excluding hydrogens is 350 g/mol. The van der Waals surface area contributed by atoms with Crippen LogP contribution in [0, 0.1) is 12.8 Å². The highest BCUT2D eigenvalue weighted by Gasteiger charge is 2.29. The van der Waals surface area contributed by atoms with E-state index < -0.39 is 36.0 Å². The molecule has 0 saturated carbocycles. The van der Waals surface area contributed by atoms with E-state index in [0.717, 1.165) is 5.56 Å². The third-order valence-electron chi connectivity index (χ3n) is 3.83. The quantitative estimate of drug-likeness (QED) is 0.624. The maximum atomic E-state index is 12.5. The minimum atomic E-state index is -1.18. The molecule has 0 spiro atoms. The molecule has 1 aromatic carbocycles. The van der Waals surface area contributed by atoms with Crippen molar-refractivity contribution in [2.45, 2.75) is 46.8 Å². The van der Waals surface area contributed by atoms with Crippen LogP contribution in [0.5, 0.6) is 0 Å². The standard InChI is InChI=1S/C19H27N3O5/c1-6-20-19(26)22-16(23)13(5)27-18(25)15(11(2)3)21-17(24)14-10-8-7-9-12(14)4/h7-11,13,15H,6H2,1-5H3,(H,21,24)(H2,20,22,23,26)/t13-,15+/m0/s1. The lowest BCUT2D eigenvalue weighted by Crippen LogP contribution is -2.49. The van der Waals surface area contributed by atoms with E-state index in [2.05, 4.69) is 16.0 Å². The van der Waals surface area contributed by atoms with E-state index in [9.17, 15) is 19.2 Å². The van der Waals surface area contributed by atoms with Gasteiger partial charge in [-0.3, -0.25) is 14.9 Å². The Labute approximate surface area is 159 Å². The predicted molar refractivity (Wildman–Crippen MR) is 100 cm³/mol. The van der Waals surface area contributed by atoms with Crippen molar-refractivity contribution >= 4 is 23.8 Å². The second kappa shape index (κ2) is 10.3. The number of ether oxygens (including phenoxy) is 1. The van der Waals surface area contributed by atoms with Gasteiger partial charge in [0.1, 0.15) is 6.04 Å². The van der Waals surface area contributed by atoms with Gasteiger partial charge in [0.05, 0.1) is 0 Å². The molecule has 2 atom stereocenters. The normalized spacial score (nSPS) is 12.7. The largest absolute Gasteiger partial charge is 0.451 e. The molecule has 3 N–H and O–H groups in total. The molecular formula is C19H27N3O5. The Balaban J connectivity index is 2.75. The van der Waals surface area contributed by atoms with E-state index in [4.69, 9.17) is 4.74 Å². The number of esters is 1. The van der Waals surface area contributed by atoms with Crippen molar-refractivity contribution < 1.29 is 23.9 Å². The average molecular weight is 377 g/mol. The van der Waals surface area contributed by atoms with Crippen LogP contribution in [0.1, 0.15) is 43.6 Å². The molecule has 1 aromatic rings. The average Bonchev–Trinajstić information content (AvgIpc) is 2.59. The Kier molecular flexibility index (Phi) is 8.44. The van der Waals surface area contributed by atoms with Crippen molar-refractivity contribution in [2.24, 2.45) is 5.92 Å². The van der Waals surface area contributed by atoms with Crippen LogP contribution < -0.4 is 16.0 Å². The smallest absolute Gasteiger partial charge is 0.329 e. The van der Waals surface area contributed by atoms with Gasteiger partial charge in [0, 0.05) is 12.1 Å². The number of urea groups is 1. The van der Waals surface area contributed by atoms with Crippen molar-refractivity contribution in [1.82, 2.24) is 16.0 Å². The van der Waals surface area contributed by atoms with E-state index >= 15 is 0 Å². The van der Waals surface area contributed by atoms with Gasteiger partial charge >= 0.3 is 12.0 Å². The lowest BCUT2D eigenvalue weighted by Gasteiger charge is -2.23. The molecule has 0 aliphatic heterocycles. The zero-order valence-corrected chi connectivity index (χ0v) is 16.3. The molecule has 8 heteroatoms. The molecule has 0 heterocycles. The fourth-order valence-corrected chi connectivity index (χ4v) is 2.26. The number of carbonyl (C=O) groups is 4. The number of hydrogen-bond acceptors (Lipinski definition) is 5. The fourth-order valence-electron chi connectivity index (χ4n) is 2.26. The number of nitrogens with one attached hydrogen (secondary N) is 3. The van der Waals surface area contributed by atoms with Gasteiger partial charge in [0.2, 0.25) is 0 Å². The summed E-state index contributed by atoms with van der Waals surface area (Å²) in [6, 6.07) is 5.41. The lowest BCUT2D eigenvalue weighted by molar-refractivity contribution is -0.157. The van der Waals surface area contributed by atoms with E-state index in [1.807, 2.05) is 6.07 Å². The van der Waals surface area contributed by atoms with Crippen LogP contribution in [0.2, 0.25) is 0 Å². The summed E-state index contributed by atoms with van der Waals surface area (Å²) in [5.74, 6) is -2.15. The molecule has 0 saturated heterocycles. The van der Waals surface area contributed by atoms with Gasteiger partial charge in [-0.05, 0) is 38.3 Å². The number of imide groups is 1. The molecule has 0 aliphatic rings. The zero-order chi connectivity index (χ0) is 20.6. The third kappa shape index (κ3) is 6.73. The van der Waals surface area contributed by atoms with E-state index in [0.29, 0.717) is 12.1 Å². The summed E-state index contributed by atoms with van der Waals surface area (Å²) < 4.78 is 5.14. The molecule has 0 radical (unpaired) electrons. The molecule has 0 unspecified atom stereocenters. The van der Waals surface area contributed by atoms with Crippen molar-refractivity contribution in [1.29, 1.82) is 0 Å². The molecule has 148 valence electrons. The highest BCUT2D eigenvalue weighted by atomic mass is 16.5. The third-order valence-corrected chi connectivity index (χ3v) is 3.83. The molecule has 27 heavy (non-hydrogen) atoms. The van der Waals surface area contributed by atoms with Gasteiger partial charge in [-0.25, -0.2) is 9.59 Å². The van der Waals surface area contributed by atoms with E-state index in [-0.39, 0.29) is 5.92 Å². The molecule has 8 nitrogen and oxygen atoms in total. The number of carbonyl (C=O) groups excluding carboxylic acids is 4. The van der Waals surface area contributed by atoms with Crippen molar-refractivity contribution in [3.8, 4) is 0 Å². The molecule has 0 fully saturated rings. The maximum absolute atomic E-state index is 12.5. The molecule has 0 aliphatic carbocycles.